The smallest absolute Gasteiger partial charge is 0.323 e. The van der Waals surface area contributed by atoms with Crippen LogP contribution in [0.25, 0.3) is 0 Å². The van der Waals surface area contributed by atoms with Crippen molar-refractivity contribution in [2.75, 3.05) is 17.7 Å². The second-order valence-corrected chi connectivity index (χ2v) is 7.35. The SMILES string of the molecule is CNC(=O)c1cc(Sc2ccc(NC(=O)Nc3ccc(C(F)F)cc3F)cc2)ccn1. The van der Waals surface area contributed by atoms with Gasteiger partial charge in [-0.25, -0.2) is 18.0 Å². The first kappa shape index (κ1) is 22.2. The van der Waals surface area contributed by atoms with Crippen molar-refractivity contribution >= 4 is 35.1 Å². The van der Waals surface area contributed by atoms with Gasteiger partial charge in [-0.15, -0.1) is 0 Å². The first-order valence-corrected chi connectivity index (χ1v) is 9.79. The number of amides is 3. The van der Waals surface area contributed by atoms with E-state index < -0.39 is 23.8 Å². The number of anilines is 2. The maximum absolute atomic E-state index is 13.9. The number of pyridine rings is 1. The Balaban J connectivity index is 1.60. The van der Waals surface area contributed by atoms with E-state index in [9.17, 15) is 22.8 Å². The number of hydrogen-bond donors (Lipinski definition) is 3. The molecule has 1 heterocycles. The second kappa shape index (κ2) is 9.98. The van der Waals surface area contributed by atoms with Gasteiger partial charge in [-0.2, -0.15) is 0 Å². The van der Waals surface area contributed by atoms with Crippen LogP contribution in [-0.2, 0) is 0 Å². The molecule has 0 spiro atoms. The molecule has 0 saturated heterocycles. The maximum Gasteiger partial charge on any atom is 0.323 e. The summed E-state index contributed by atoms with van der Waals surface area (Å²) in [6.07, 6.45) is -1.25. The molecule has 0 atom stereocenters. The standard InChI is InChI=1S/C21H17F3N4O2S/c1-25-20(29)18-11-15(8-9-26-18)31-14-5-3-13(4-6-14)27-21(30)28-17-7-2-12(19(23)24)10-16(17)22/h2-11,19H,1H3,(H,25,29)(H2,27,28,30). The van der Waals surface area contributed by atoms with Crippen molar-refractivity contribution in [1.29, 1.82) is 0 Å². The molecule has 31 heavy (non-hydrogen) atoms. The van der Waals surface area contributed by atoms with Crippen LogP contribution in [0.4, 0.5) is 29.3 Å². The van der Waals surface area contributed by atoms with Gasteiger partial charge in [-0.1, -0.05) is 17.8 Å². The van der Waals surface area contributed by atoms with Gasteiger partial charge in [-0.3, -0.25) is 9.78 Å². The molecule has 160 valence electrons. The minimum Gasteiger partial charge on any atom is -0.354 e. The molecule has 0 bridgehead atoms. The summed E-state index contributed by atoms with van der Waals surface area (Å²) < 4.78 is 39.0. The number of carbonyl (C=O) groups excluding carboxylic acids is 2. The van der Waals surface area contributed by atoms with Crippen molar-refractivity contribution in [2.45, 2.75) is 16.2 Å². The number of hydrogen-bond acceptors (Lipinski definition) is 4. The molecule has 0 unspecified atom stereocenters. The van der Waals surface area contributed by atoms with Crippen molar-refractivity contribution in [2.24, 2.45) is 0 Å². The summed E-state index contributed by atoms with van der Waals surface area (Å²) in [5.74, 6) is -1.23. The Labute approximate surface area is 180 Å². The van der Waals surface area contributed by atoms with Crippen molar-refractivity contribution in [3.8, 4) is 0 Å². The Morgan fingerprint density at radius 3 is 2.35 bits per heavy atom. The molecule has 0 aliphatic heterocycles. The number of aromatic nitrogens is 1. The summed E-state index contributed by atoms with van der Waals surface area (Å²) in [5, 5.41) is 7.34. The summed E-state index contributed by atoms with van der Waals surface area (Å²) in [7, 11) is 1.53. The number of carbonyl (C=O) groups is 2. The number of alkyl halides is 2. The highest BCUT2D eigenvalue weighted by atomic mass is 32.2. The van der Waals surface area contributed by atoms with Gasteiger partial charge < -0.3 is 16.0 Å². The summed E-state index contributed by atoms with van der Waals surface area (Å²) in [6.45, 7) is 0. The number of nitrogens with one attached hydrogen (secondary N) is 3. The predicted molar refractivity (Wildman–Crippen MR) is 112 cm³/mol. The molecule has 3 rings (SSSR count). The number of benzene rings is 2. The van der Waals surface area contributed by atoms with E-state index >= 15 is 0 Å². The second-order valence-electron chi connectivity index (χ2n) is 6.20. The summed E-state index contributed by atoms with van der Waals surface area (Å²) >= 11 is 1.41. The van der Waals surface area contributed by atoms with Crippen LogP contribution in [0.15, 0.2) is 70.6 Å². The highest BCUT2D eigenvalue weighted by molar-refractivity contribution is 7.99. The van der Waals surface area contributed by atoms with E-state index in [1.807, 2.05) is 0 Å². The van der Waals surface area contributed by atoms with Gasteiger partial charge in [-0.05, 0) is 48.5 Å². The van der Waals surface area contributed by atoms with Crippen LogP contribution in [0.1, 0.15) is 22.5 Å². The summed E-state index contributed by atoms with van der Waals surface area (Å²) in [6, 6.07) is 12.4. The number of urea groups is 1. The molecule has 0 aliphatic rings. The van der Waals surface area contributed by atoms with E-state index in [1.165, 1.54) is 18.8 Å². The first-order valence-electron chi connectivity index (χ1n) is 8.97. The van der Waals surface area contributed by atoms with E-state index in [2.05, 4.69) is 20.9 Å². The largest absolute Gasteiger partial charge is 0.354 e. The van der Waals surface area contributed by atoms with Gasteiger partial charge >= 0.3 is 6.03 Å². The van der Waals surface area contributed by atoms with Crippen molar-refractivity contribution < 1.29 is 22.8 Å². The average molecular weight is 446 g/mol. The molecule has 2 aromatic carbocycles. The molecule has 0 aliphatic carbocycles. The number of rotatable bonds is 6. The first-order chi connectivity index (χ1) is 14.9. The fraction of sp³-hybridized carbons (Fsp3) is 0.0952. The van der Waals surface area contributed by atoms with Crippen molar-refractivity contribution in [1.82, 2.24) is 10.3 Å². The predicted octanol–water partition coefficient (Wildman–Crippen LogP) is 5.31. The lowest BCUT2D eigenvalue weighted by Crippen LogP contribution is -2.20. The Kier molecular flexibility index (Phi) is 7.14. The molecule has 1 aromatic heterocycles. The van der Waals surface area contributed by atoms with Crippen LogP contribution in [0, 0.1) is 5.82 Å². The molecule has 10 heteroatoms. The van der Waals surface area contributed by atoms with Crippen LogP contribution in [0.2, 0.25) is 0 Å². The van der Waals surface area contributed by atoms with Gasteiger partial charge in [0.15, 0.2) is 0 Å². The van der Waals surface area contributed by atoms with Crippen molar-refractivity contribution in [3.63, 3.8) is 0 Å². The molecule has 0 radical (unpaired) electrons. The van der Waals surface area contributed by atoms with E-state index in [1.54, 1.807) is 42.6 Å². The zero-order valence-electron chi connectivity index (χ0n) is 16.2. The third kappa shape index (κ3) is 5.98. The molecular weight excluding hydrogens is 429 g/mol. The molecule has 0 saturated carbocycles. The maximum atomic E-state index is 13.9. The van der Waals surface area contributed by atoms with Crippen LogP contribution >= 0.6 is 11.8 Å². The number of nitrogens with zero attached hydrogens (tertiary/aromatic N) is 1. The monoisotopic (exact) mass is 446 g/mol. The highest BCUT2D eigenvalue weighted by Crippen LogP contribution is 2.29. The molecule has 6 nitrogen and oxygen atoms in total. The third-order valence-electron chi connectivity index (χ3n) is 4.03. The van der Waals surface area contributed by atoms with Gasteiger partial charge in [0.05, 0.1) is 5.69 Å². The lowest BCUT2D eigenvalue weighted by molar-refractivity contribution is 0.0958. The highest BCUT2D eigenvalue weighted by Gasteiger charge is 2.13. The fourth-order valence-corrected chi connectivity index (χ4v) is 3.37. The minimum absolute atomic E-state index is 0.210. The van der Waals surface area contributed by atoms with Crippen LogP contribution < -0.4 is 16.0 Å². The van der Waals surface area contributed by atoms with E-state index in [4.69, 9.17) is 0 Å². The van der Waals surface area contributed by atoms with E-state index in [0.29, 0.717) is 17.4 Å². The van der Waals surface area contributed by atoms with Gasteiger partial charge in [0.1, 0.15) is 11.5 Å². The van der Waals surface area contributed by atoms with Crippen LogP contribution in [-0.4, -0.2) is 24.0 Å². The van der Waals surface area contributed by atoms with Crippen LogP contribution in [0.3, 0.4) is 0 Å². The molecule has 3 aromatic rings. The van der Waals surface area contributed by atoms with E-state index in [0.717, 1.165) is 21.9 Å². The zero-order chi connectivity index (χ0) is 22.4. The minimum atomic E-state index is -2.80. The van der Waals surface area contributed by atoms with Gasteiger partial charge in [0, 0.05) is 34.3 Å². The lowest BCUT2D eigenvalue weighted by Gasteiger charge is -2.10. The van der Waals surface area contributed by atoms with Gasteiger partial charge in [0.25, 0.3) is 12.3 Å². The van der Waals surface area contributed by atoms with Gasteiger partial charge in [0.2, 0.25) is 0 Å². The average Bonchev–Trinajstić information content (AvgIpc) is 2.76. The Hall–Kier alpha value is -3.53. The molecule has 3 amide bonds. The Morgan fingerprint density at radius 1 is 0.968 bits per heavy atom. The molecular formula is C21H17F3N4O2S. The Morgan fingerprint density at radius 2 is 1.71 bits per heavy atom. The molecule has 3 N–H and O–H groups in total. The van der Waals surface area contributed by atoms with E-state index in [-0.39, 0.29) is 11.6 Å². The number of halogens is 3. The molecule has 0 fully saturated rings. The van der Waals surface area contributed by atoms with Crippen LogP contribution in [0.5, 0.6) is 0 Å². The Bertz CT molecular complexity index is 1090. The quantitative estimate of drug-likeness (QED) is 0.479. The third-order valence-corrected chi connectivity index (χ3v) is 5.03. The topological polar surface area (TPSA) is 83.1 Å². The van der Waals surface area contributed by atoms with Crippen molar-refractivity contribution in [3.05, 3.63) is 77.9 Å². The lowest BCUT2D eigenvalue weighted by atomic mass is 10.2. The zero-order valence-corrected chi connectivity index (χ0v) is 17.0. The fourth-order valence-electron chi connectivity index (χ4n) is 2.52. The summed E-state index contributed by atoms with van der Waals surface area (Å²) in [5.41, 5.74) is 0.0791. The summed E-state index contributed by atoms with van der Waals surface area (Å²) in [4.78, 5) is 29.4. The normalized spacial score (nSPS) is 10.6.